The van der Waals surface area contributed by atoms with E-state index in [2.05, 4.69) is 10.3 Å². The SMILES string of the molecule is Cc1ccc(-c2nc(CC(=O)Nc3ccc(CC(N)=O)cc3)cs2)cc1. The van der Waals surface area contributed by atoms with Crippen molar-refractivity contribution in [3.63, 3.8) is 0 Å². The summed E-state index contributed by atoms with van der Waals surface area (Å²) in [5, 5.41) is 5.65. The molecule has 0 saturated heterocycles. The molecule has 26 heavy (non-hydrogen) atoms. The van der Waals surface area contributed by atoms with Crippen molar-refractivity contribution in [2.24, 2.45) is 5.73 Å². The lowest BCUT2D eigenvalue weighted by Crippen LogP contribution is -2.15. The summed E-state index contributed by atoms with van der Waals surface area (Å²) in [7, 11) is 0. The molecule has 132 valence electrons. The Kier molecular flexibility index (Phi) is 5.43. The van der Waals surface area contributed by atoms with Crippen LogP contribution in [-0.2, 0) is 22.4 Å². The standard InChI is InChI=1S/C20H19N3O2S/c1-13-2-6-15(7-3-13)20-23-17(12-26-20)11-19(25)22-16-8-4-14(5-9-16)10-18(21)24/h2-9,12H,10-11H2,1H3,(H2,21,24)(H,22,25). The molecule has 0 atom stereocenters. The first-order valence-corrected chi connectivity index (χ1v) is 9.06. The first-order valence-electron chi connectivity index (χ1n) is 8.18. The number of thiazole rings is 1. The Morgan fingerprint density at radius 2 is 1.73 bits per heavy atom. The number of anilines is 1. The number of rotatable bonds is 6. The normalized spacial score (nSPS) is 10.5. The number of carbonyl (C=O) groups excluding carboxylic acids is 2. The van der Waals surface area contributed by atoms with Crippen molar-refractivity contribution in [1.82, 2.24) is 4.98 Å². The number of benzene rings is 2. The van der Waals surface area contributed by atoms with Gasteiger partial charge in [-0.3, -0.25) is 9.59 Å². The maximum Gasteiger partial charge on any atom is 0.230 e. The monoisotopic (exact) mass is 365 g/mol. The second-order valence-corrected chi connectivity index (χ2v) is 6.93. The minimum Gasteiger partial charge on any atom is -0.369 e. The Bertz CT molecular complexity index is 915. The van der Waals surface area contributed by atoms with Gasteiger partial charge >= 0.3 is 0 Å². The number of aryl methyl sites for hydroxylation is 1. The van der Waals surface area contributed by atoms with Gasteiger partial charge < -0.3 is 11.1 Å². The van der Waals surface area contributed by atoms with Crippen molar-refractivity contribution in [1.29, 1.82) is 0 Å². The zero-order chi connectivity index (χ0) is 18.5. The molecule has 0 aliphatic carbocycles. The van der Waals surface area contributed by atoms with Gasteiger partial charge in [-0.2, -0.15) is 0 Å². The van der Waals surface area contributed by atoms with E-state index in [9.17, 15) is 9.59 Å². The van der Waals surface area contributed by atoms with Crippen molar-refractivity contribution in [3.8, 4) is 10.6 Å². The summed E-state index contributed by atoms with van der Waals surface area (Å²) >= 11 is 1.53. The maximum absolute atomic E-state index is 12.2. The smallest absolute Gasteiger partial charge is 0.230 e. The fourth-order valence-corrected chi connectivity index (χ4v) is 3.32. The Balaban J connectivity index is 1.60. The number of nitrogens with two attached hydrogens (primary N) is 1. The fourth-order valence-electron chi connectivity index (χ4n) is 2.49. The molecule has 0 aliphatic heterocycles. The van der Waals surface area contributed by atoms with E-state index < -0.39 is 0 Å². The summed E-state index contributed by atoms with van der Waals surface area (Å²) in [4.78, 5) is 27.7. The molecular weight excluding hydrogens is 346 g/mol. The molecule has 5 nitrogen and oxygen atoms in total. The molecule has 3 N–H and O–H groups in total. The van der Waals surface area contributed by atoms with E-state index in [1.807, 2.05) is 36.6 Å². The number of hydrogen-bond donors (Lipinski definition) is 2. The van der Waals surface area contributed by atoms with Crippen LogP contribution in [-0.4, -0.2) is 16.8 Å². The molecular formula is C20H19N3O2S. The van der Waals surface area contributed by atoms with E-state index in [4.69, 9.17) is 5.73 Å². The highest BCUT2D eigenvalue weighted by Crippen LogP contribution is 2.24. The van der Waals surface area contributed by atoms with Gasteiger partial charge in [-0.05, 0) is 24.6 Å². The highest BCUT2D eigenvalue weighted by atomic mass is 32.1. The van der Waals surface area contributed by atoms with Crippen LogP contribution in [0.3, 0.4) is 0 Å². The van der Waals surface area contributed by atoms with Crippen LogP contribution in [0.2, 0.25) is 0 Å². The van der Waals surface area contributed by atoms with Crippen molar-refractivity contribution in [2.75, 3.05) is 5.32 Å². The van der Waals surface area contributed by atoms with Gasteiger partial charge in [-0.1, -0.05) is 42.0 Å². The molecule has 0 spiro atoms. The van der Waals surface area contributed by atoms with Crippen LogP contribution in [0.25, 0.3) is 10.6 Å². The molecule has 0 aliphatic rings. The number of amides is 2. The third-order valence-electron chi connectivity index (χ3n) is 3.81. The molecule has 0 radical (unpaired) electrons. The lowest BCUT2D eigenvalue weighted by atomic mass is 10.1. The molecule has 0 unspecified atom stereocenters. The van der Waals surface area contributed by atoms with Gasteiger partial charge in [0.25, 0.3) is 0 Å². The lowest BCUT2D eigenvalue weighted by molar-refractivity contribution is -0.117. The lowest BCUT2D eigenvalue weighted by Gasteiger charge is -2.05. The number of nitrogens with one attached hydrogen (secondary N) is 1. The maximum atomic E-state index is 12.2. The summed E-state index contributed by atoms with van der Waals surface area (Å²) in [5.41, 5.74) is 9.66. The van der Waals surface area contributed by atoms with Crippen LogP contribution >= 0.6 is 11.3 Å². The van der Waals surface area contributed by atoms with Gasteiger partial charge in [0.1, 0.15) is 5.01 Å². The second kappa shape index (κ2) is 7.93. The van der Waals surface area contributed by atoms with E-state index in [-0.39, 0.29) is 24.7 Å². The molecule has 3 rings (SSSR count). The Labute approximate surface area is 155 Å². The topological polar surface area (TPSA) is 85.1 Å². The third kappa shape index (κ3) is 4.77. The molecule has 0 bridgehead atoms. The summed E-state index contributed by atoms with van der Waals surface area (Å²) < 4.78 is 0. The summed E-state index contributed by atoms with van der Waals surface area (Å²) in [6, 6.07) is 15.2. The highest BCUT2D eigenvalue weighted by Gasteiger charge is 2.10. The number of hydrogen-bond acceptors (Lipinski definition) is 4. The summed E-state index contributed by atoms with van der Waals surface area (Å²) in [5.74, 6) is -0.511. The van der Waals surface area contributed by atoms with Crippen LogP contribution in [0, 0.1) is 6.92 Å². The highest BCUT2D eigenvalue weighted by molar-refractivity contribution is 7.13. The zero-order valence-corrected chi connectivity index (χ0v) is 15.2. The van der Waals surface area contributed by atoms with Gasteiger partial charge in [0, 0.05) is 16.6 Å². The molecule has 0 saturated carbocycles. The first-order chi connectivity index (χ1) is 12.5. The Hall–Kier alpha value is -2.99. The molecule has 6 heteroatoms. The van der Waals surface area contributed by atoms with Crippen LogP contribution in [0.5, 0.6) is 0 Å². The minimum absolute atomic E-state index is 0.131. The molecule has 1 aromatic heterocycles. The van der Waals surface area contributed by atoms with E-state index in [1.54, 1.807) is 24.3 Å². The van der Waals surface area contributed by atoms with Crippen molar-refractivity contribution >= 4 is 28.8 Å². The zero-order valence-electron chi connectivity index (χ0n) is 14.4. The molecule has 3 aromatic rings. The van der Waals surface area contributed by atoms with Crippen LogP contribution in [0.15, 0.2) is 53.9 Å². The molecule has 1 heterocycles. The van der Waals surface area contributed by atoms with Crippen LogP contribution in [0.1, 0.15) is 16.8 Å². The largest absolute Gasteiger partial charge is 0.369 e. The second-order valence-electron chi connectivity index (χ2n) is 6.07. The van der Waals surface area contributed by atoms with E-state index >= 15 is 0 Å². The Morgan fingerprint density at radius 3 is 2.38 bits per heavy atom. The quantitative estimate of drug-likeness (QED) is 0.703. The van der Waals surface area contributed by atoms with E-state index in [1.165, 1.54) is 16.9 Å². The third-order valence-corrected chi connectivity index (χ3v) is 4.75. The summed E-state index contributed by atoms with van der Waals surface area (Å²) in [6.45, 7) is 2.04. The van der Waals surface area contributed by atoms with Gasteiger partial charge in [0.2, 0.25) is 11.8 Å². The molecule has 2 aromatic carbocycles. The van der Waals surface area contributed by atoms with Gasteiger partial charge in [0.15, 0.2) is 0 Å². The fraction of sp³-hybridized carbons (Fsp3) is 0.150. The van der Waals surface area contributed by atoms with Crippen molar-refractivity contribution < 1.29 is 9.59 Å². The minimum atomic E-state index is -0.380. The predicted molar refractivity (Wildman–Crippen MR) is 104 cm³/mol. The average molecular weight is 365 g/mol. The predicted octanol–water partition coefficient (Wildman–Crippen LogP) is 3.33. The summed E-state index contributed by atoms with van der Waals surface area (Å²) in [6.07, 6.45) is 0.403. The Morgan fingerprint density at radius 1 is 1.04 bits per heavy atom. The molecule has 0 fully saturated rings. The van der Waals surface area contributed by atoms with Gasteiger partial charge in [0.05, 0.1) is 18.5 Å². The number of nitrogens with zero attached hydrogens (tertiary/aromatic N) is 1. The van der Waals surface area contributed by atoms with Gasteiger partial charge in [-0.15, -0.1) is 11.3 Å². The van der Waals surface area contributed by atoms with Crippen LogP contribution < -0.4 is 11.1 Å². The number of aromatic nitrogens is 1. The van der Waals surface area contributed by atoms with Crippen LogP contribution in [0.4, 0.5) is 5.69 Å². The van der Waals surface area contributed by atoms with Gasteiger partial charge in [-0.25, -0.2) is 4.98 Å². The van der Waals surface area contributed by atoms with E-state index in [0.29, 0.717) is 5.69 Å². The molecule has 2 amide bonds. The number of primary amides is 1. The first kappa shape index (κ1) is 17.8. The van der Waals surface area contributed by atoms with Crippen molar-refractivity contribution in [2.45, 2.75) is 19.8 Å². The number of carbonyl (C=O) groups is 2. The van der Waals surface area contributed by atoms with Crippen molar-refractivity contribution in [3.05, 3.63) is 70.7 Å². The van der Waals surface area contributed by atoms with E-state index in [0.717, 1.165) is 21.8 Å². The average Bonchev–Trinajstić information content (AvgIpc) is 3.05.